The van der Waals surface area contributed by atoms with Crippen LogP contribution in [0.15, 0.2) is 23.2 Å². The van der Waals surface area contributed by atoms with Crippen LogP contribution in [0.4, 0.5) is 0 Å². The minimum Gasteiger partial charge on any atom is -0.493 e. The van der Waals surface area contributed by atoms with Gasteiger partial charge in [-0.15, -0.1) is 0 Å². The Morgan fingerprint density at radius 2 is 1.93 bits per heavy atom. The van der Waals surface area contributed by atoms with E-state index in [9.17, 15) is 0 Å². The van der Waals surface area contributed by atoms with Crippen LogP contribution in [0.25, 0.3) is 0 Å². The molecule has 0 aliphatic carbocycles. The number of hydrogen-bond acceptors (Lipinski definition) is 4. The van der Waals surface area contributed by atoms with E-state index in [-0.39, 0.29) is 0 Å². The van der Waals surface area contributed by atoms with Crippen LogP contribution in [-0.2, 0) is 6.54 Å². The highest BCUT2D eigenvalue weighted by Crippen LogP contribution is 2.27. The fourth-order valence-corrected chi connectivity index (χ4v) is 3.32. The van der Waals surface area contributed by atoms with E-state index in [1.807, 2.05) is 18.2 Å². The van der Waals surface area contributed by atoms with Crippen LogP contribution in [0.5, 0.6) is 11.5 Å². The SMILES string of the molecule is COc1ccc(CN=C(N)NCC2CCN(CCC(C)C)CC2)cc1OC. The third-order valence-corrected chi connectivity index (χ3v) is 5.18. The van der Waals surface area contributed by atoms with Gasteiger partial charge in [-0.2, -0.15) is 0 Å². The number of guanidine groups is 1. The van der Waals surface area contributed by atoms with Gasteiger partial charge in [-0.1, -0.05) is 19.9 Å². The molecule has 6 nitrogen and oxygen atoms in total. The highest BCUT2D eigenvalue weighted by Gasteiger charge is 2.19. The lowest BCUT2D eigenvalue weighted by atomic mass is 9.96. The minimum absolute atomic E-state index is 0.507. The third-order valence-electron chi connectivity index (χ3n) is 5.18. The van der Waals surface area contributed by atoms with Crippen molar-refractivity contribution in [2.24, 2.45) is 22.6 Å². The summed E-state index contributed by atoms with van der Waals surface area (Å²) in [5, 5.41) is 3.29. The number of aliphatic imine (C=N–C) groups is 1. The predicted molar refractivity (Wildman–Crippen MR) is 111 cm³/mol. The molecule has 0 atom stereocenters. The summed E-state index contributed by atoms with van der Waals surface area (Å²) in [6.07, 6.45) is 3.75. The Morgan fingerprint density at radius 3 is 2.56 bits per heavy atom. The van der Waals surface area contributed by atoms with E-state index in [1.165, 1.54) is 38.9 Å². The first-order valence-corrected chi connectivity index (χ1v) is 9.98. The number of methoxy groups -OCH3 is 2. The molecule has 0 unspecified atom stereocenters. The van der Waals surface area contributed by atoms with Crippen molar-refractivity contribution in [2.75, 3.05) is 40.4 Å². The molecule has 1 heterocycles. The van der Waals surface area contributed by atoms with Gasteiger partial charge in [-0.3, -0.25) is 0 Å². The van der Waals surface area contributed by atoms with E-state index in [0.717, 1.165) is 23.8 Å². The van der Waals surface area contributed by atoms with Crippen LogP contribution in [0.2, 0.25) is 0 Å². The monoisotopic (exact) mass is 376 g/mol. The van der Waals surface area contributed by atoms with E-state index in [0.29, 0.717) is 24.2 Å². The van der Waals surface area contributed by atoms with E-state index in [1.54, 1.807) is 14.2 Å². The standard InChI is InChI=1S/C21H36N4O2/c1-16(2)7-10-25-11-8-17(9-12-25)14-23-21(22)24-15-18-5-6-19(26-3)20(13-18)27-4/h5-6,13,16-17H,7-12,14-15H2,1-4H3,(H3,22,23,24). The summed E-state index contributed by atoms with van der Waals surface area (Å²) in [5.41, 5.74) is 7.08. The first kappa shape index (κ1) is 21.4. The molecule has 1 aromatic rings. The molecule has 3 N–H and O–H groups in total. The van der Waals surface area contributed by atoms with Crippen LogP contribution < -0.4 is 20.5 Å². The zero-order valence-electron chi connectivity index (χ0n) is 17.3. The van der Waals surface area contributed by atoms with Crippen molar-refractivity contribution in [3.05, 3.63) is 23.8 Å². The Labute approximate surface area is 164 Å². The number of hydrogen-bond donors (Lipinski definition) is 2. The quantitative estimate of drug-likeness (QED) is 0.512. The lowest BCUT2D eigenvalue weighted by molar-refractivity contribution is 0.177. The van der Waals surface area contributed by atoms with Crippen molar-refractivity contribution in [1.29, 1.82) is 0 Å². The van der Waals surface area contributed by atoms with Crippen molar-refractivity contribution < 1.29 is 9.47 Å². The zero-order valence-corrected chi connectivity index (χ0v) is 17.3. The molecular weight excluding hydrogens is 340 g/mol. The van der Waals surface area contributed by atoms with Crippen LogP contribution >= 0.6 is 0 Å². The molecular formula is C21H36N4O2. The molecule has 1 saturated heterocycles. The summed E-state index contributed by atoms with van der Waals surface area (Å²) >= 11 is 0. The Morgan fingerprint density at radius 1 is 1.22 bits per heavy atom. The summed E-state index contributed by atoms with van der Waals surface area (Å²) in [7, 11) is 3.27. The molecule has 27 heavy (non-hydrogen) atoms. The van der Waals surface area contributed by atoms with Crippen LogP contribution in [0.1, 0.15) is 38.7 Å². The Bertz CT molecular complexity index is 596. The molecule has 0 bridgehead atoms. The van der Waals surface area contributed by atoms with E-state index in [2.05, 4.69) is 29.1 Å². The molecule has 2 rings (SSSR count). The van der Waals surface area contributed by atoms with Gasteiger partial charge >= 0.3 is 0 Å². The van der Waals surface area contributed by atoms with E-state index < -0.39 is 0 Å². The maximum atomic E-state index is 6.05. The highest BCUT2D eigenvalue weighted by atomic mass is 16.5. The number of nitrogens with zero attached hydrogens (tertiary/aromatic N) is 2. The zero-order chi connectivity index (χ0) is 19.6. The number of benzene rings is 1. The summed E-state index contributed by atoms with van der Waals surface area (Å²) in [6.45, 7) is 9.63. The largest absolute Gasteiger partial charge is 0.493 e. The molecule has 1 aliphatic heterocycles. The second-order valence-electron chi connectivity index (χ2n) is 7.74. The molecule has 6 heteroatoms. The van der Waals surface area contributed by atoms with E-state index >= 15 is 0 Å². The maximum Gasteiger partial charge on any atom is 0.188 e. The summed E-state index contributed by atoms with van der Waals surface area (Å²) in [5.74, 6) is 3.39. The summed E-state index contributed by atoms with van der Waals surface area (Å²) in [4.78, 5) is 7.04. The van der Waals surface area contributed by atoms with Gasteiger partial charge in [0.25, 0.3) is 0 Å². The third kappa shape index (κ3) is 7.29. The molecule has 1 fully saturated rings. The molecule has 0 spiro atoms. The Balaban J connectivity index is 1.72. The molecule has 0 aromatic heterocycles. The first-order valence-electron chi connectivity index (χ1n) is 9.98. The van der Waals surface area contributed by atoms with Gasteiger partial charge in [-0.25, -0.2) is 4.99 Å². The number of rotatable bonds is 9. The van der Waals surface area contributed by atoms with Gasteiger partial charge in [0, 0.05) is 6.54 Å². The molecule has 0 saturated carbocycles. The van der Waals surface area contributed by atoms with Crippen molar-refractivity contribution in [2.45, 2.75) is 39.7 Å². The number of likely N-dealkylation sites (tertiary alicyclic amines) is 1. The number of nitrogens with one attached hydrogen (secondary N) is 1. The topological polar surface area (TPSA) is 72.1 Å². The maximum absolute atomic E-state index is 6.05. The van der Waals surface area contributed by atoms with Gasteiger partial charge in [0.15, 0.2) is 17.5 Å². The van der Waals surface area contributed by atoms with Gasteiger partial charge in [0.05, 0.1) is 20.8 Å². The minimum atomic E-state index is 0.507. The number of nitrogens with two attached hydrogens (primary N) is 1. The second-order valence-corrected chi connectivity index (χ2v) is 7.74. The fourth-order valence-electron chi connectivity index (χ4n) is 3.32. The second kappa shape index (κ2) is 11.0. The van der Waals surface area contributed by atoms with Crippen LogP contribution in [0, 0.1) is 11.8 Å². The smallest absolute Gasteiger partial charge is 0.188 e. The van der Waals surface area contributed by atoms with Gasteiger partial charge in [0.1, 0.15) is 0 Å². The van der Waals surface area contributed by atoms with Crippen molar-refractivity contribution in [3.8, 4) is 11.5 Å². The first-order chi connectivity index (χ1) is 13.0. The molecule has 1 aliphatic rings. The summed E-state index contributed by atoms with van der Waals surface area (Å²) < 4.78 is 10.6. The highest BCUT2D eigenvalue weighted by molar-refractivity contribution is 5.77. The average molecular weight is 377 g/mol. The van der Waals surface area contributed by atoms with Gasteiger partial charge < -0.3 is 25.4 Å². The molecule has 0 amide bonds. The average Bonchev–Trinajstić information content (AvgIpc) is 2.69. The van der Waals surface area contributed by atoms with Crippen molar-refractivity contribution in [1.82, 2.24) is 10.2 Å². The number of ether oxygens (including phenoxy) is 2. The fraction of sp³-hybridized carbons (Fsp3) is 0.667. The Kier molecular flexibility index (Phi) is 8.72. The molecule has 1 aromatic carbocycles. The summed E-state index contributed by atoms with van der Waals surface area (Å²) in [6, 6.07) is 5.80. The Hall–Kier alpha value is -1.95. The van der Waals surface area contributed by atoms with Crippen molar-refractivity contribution in [3.63, 3.8) is 0 Å². The lowest BCUT2D eigenvalue weighted by Crippen LogP contribution is -2.41. The van der Waals surface area contributed by atoms with Gasteiger partial charge in [-0.05, 0) is 68.4 Å². The van der Waals surface area contributed by atoms with Gasteiger partial charge in [0.2, 0.25) is 0 Å². The van der Waals surface area contributed by atoms with E-state index in [4.69, 9.17) is 15.2 Å². The van der Waals surface area contributed by atoms with Crippen LogP contribution in [-0.4, -0.2) is 51.3 Å². The lowest BCUT2D eigenvalue weighted by Gasteiger charge is -2.32. The predicted octanol–water partition coefficient (Wildman–Crippen LogP) is 2.87. The van der Waals surface area contributed by atoms with Crippen molar-refractivity contribution >= 4 is 5.96 Å². The number of piperidine rings is 1. The normalized spacial score (nSPS) is 16.6. The molecule has 0 radical (unpaired) electrons. The van der Waals surface area contributed by atoms with Crippen LogP contribution in [0.3, 0.4) is 0 Å². The molecule has 152 valence electrons.